The zero-order chi connectivity index (χ0) is 13.1. The first-order chi connectivity index (χ1) is 9.31. The van der Waals surface area contributed by atoms with E-state index in [-0.39, 0.29) is 11.8 Å². The third kappa shape index (κ3) is 3.09. The van der Waals surface area contributed by atoms with Gasteiger partial charge in [-0.05, 0) is 62.8 Å². The van der Waals surface area contributed by atoms with Gasteiger partial charge in [-0.3, -0.25) is 4.79 Å². The number of carbonyl (C=O) groups is 1. The second kappa shape index (κ2) is 5.64. The van der Waals surface area contributed by atoms with E-state index in [1.807, 2.05) is 24.3 Å². The summed E-state index contributed by atoms with van der Waals surface area (Å²) in [6.07, 6.45) is 8.53. The van der Waals surface area contributed by atoms with Crippen molar-refractivity contribution >= 4 is 11.6 Å². The van der Waals surface area contributed by atoms with E-state index in [4.69, 9.17) is 4.74 Å². The predicted octanol–water partition coefficient (Wildman–Crippen LogP) is 3.75. The minimum absolute atomic E-state index is 0.163. The quantitative estimate of drug-likeness (QED) is 0.894. The molecule has 19 heavy (non-hydrogen) atoms. The maximum atomic E-state index is 11.8. The highest BCUT2D eigenvalue weighted by molar-refractivity contribution is 5.93. The molecule has 0 bridgehead atoms. The molecule has 1 aromatic rings. The lowest BCUT2D eigenvalue weighted by Crippen LogP contribution is -2.27. The molecule has 0 aromatic heterocycles. The van der Waals surface area contributed by atoms with Crippen molar-refractivity contribution in [3.63, 3.8) is 0 Å². The first-order valence-electron chi connectivity index (χ1n) is 7.39. The van der Waals surface area contributed by atoms with E-state index in [9.17, 15) is 4.79 Å². The summed E-state index contributed by atoms with van der Waals surface area (Å²) < 4.78 is 5.90. The average Bonchev–Trinajstić information content (AvgIpc) is 2.82. The van der Waals surface area contributed by atoms with Crippen molar-refractivity contribution in [3.05, 3.63) is 24.3 Å². The van der Waals surface area contributed by atoms with Crippen molar-refractivity contribution in [1.82, 2.24) is 0 Å². The fraction of sp³-hybridized carbons (Fsp3) is 0.562. The van der Waals surface area contributed by atoms with Crippen molar-refractivity contribution < 1.29 is 9.53 Å². The van der Waals surface area contributed by atoms with Crippen LogP contribution in [0.5, 0.6) is 5.75 Å². The van der Waals surface area contributed by atoms with Crippen LogP contribution in [0, 0.1) is 5.92 Å². The highest BCUT2D eigenvalue weighted by Gasteiger charge is 2.25. The summed E-state index contributed by atoms with van der Waals surface area (Å²) in [7, 11) is 0. The lowest BCUT2D eigenvalue weighted by atomic mass is 9.85. The Morgan fingerprint density at radius 1 is 1.00 bits per heavy atom. The number of benzene rings is 1. The maximum Gasteiger partial charge on any atom is 0.227 e. The molecule has 102 valence electrons. The van der Waals surface area contributed by atoms with Crippen LogP contribution in [-0.4, -0.2) is 12.0 Å². The molecule has 3 nitrogen and oxygen atoms in total. The van der Waals surface area contributed by atoms with Crippen LogP contribution in [0.3, 0.4) is 0 Å². The van der Waals surface area contributed by atoms with E-state index in [1.165, 1.54) is 32.1 Å². The highest BCUT2D eigenvalue weighted by Crippen LogP contribution is 2.28. The molecule has 2 saturated carbocycles. The van der Waals surface area contributed by atoms with E-state index >= 15 is 0 Å². The number of hydrogen-bond donors (Lipinski definition) is 1. The number of nitrogens with one attached hydrogen (secondary N) is 1. The van der Waals surface area contributed by atoms with Crippen LogP contribution in [-0.2, 0) is 4.79 Å². The molecule has 2 fully saturated rings. The van der Waals surface area contributed by atoms with Gasteiger partial charge in [0.2, 0.25) is 5.91 Å². The van der Waals surface area contributed by atoms with Gasteiger partial charge >= 0.3 is 0 Å². The third-order valence-electron chi connectivity index (χ3n) is 4.20. The molecule has 1 aromatic carbocycles. The van der Waals surface area contributed by atoms with Gasteiger partial charge in [-0.1, -0.05) is 6.42 Å². The van der Waals surface area contributed by atoms with Crippen LogP contribution in [0.25, 0.3) is 0 Å². The molecule has 0 aliphatic heterocycles. The minimum Gasteiger partial charge on any atom is -0.490 e. The second-order valence-electron chi connectivity index (χ2n) is 5.67. The second-order valence-corrected chi connectivity index (χ2v) is 5.67. The van der Waals surface area contributed by atoms with Gasteiger partial charge in [0.15, 0.2) is 0 Å². The summed E-state index contributed by atoms with van der Waals surface area (Å²) in [6.45, 7) is 0. The molecule has 1 amide bonds. The summed E-state index contributed by atoms with van der Waals surface area (Å²) in [5, 5.41) is 2.97. The Balaban J connectivity index is 1.54. The van der Waals surface area contributed by atoms with Crippen molar-refractivity contribution in [3.8, 4) is 5.75 Å². The van der Waals surface area contributed by atoms with Gasteiger partial charge in [0.1, 0.15) is 5.75 Å². The van der Waals surface area contributed by atoms with Crippen LogP contribution in [0.15, 0.2) is 24.3 Å². The maximum absolute atomic E-state index is 11.8. The standard InChI is InChI=1S/C16H21NO2/c18-16(12-4-3-5-12)17-13-8-10-15(11-9-13)19-14-6-1-2-7-14/h8-12,14H,1-7H2,(H,17,18). The highest BCUT2D eigenvalue weighted by atomic mass is 16.5. The van der Waals surface area contributed by atoms with Crippen molar-refractivity contribution in [2.45, 2.75) is 51.0 Å². The van der Waals surface area contributed by atoms with Crippen molar-refractivity contribution in [2.24, 2.45) is 5.92 Å². The van der Waals surface area contributed by atoms with Crippen LogP contribution in [0.1, 0.15) is 44.9 Å². The van der Waals surface area contributed by atoms with E-state index in [0.717, 1.165) is 24.3 Å². The molecule has 0 atom stereocenters. The van der Waals surface area contributed by atoms with Crippen LogP contribution in [0.4, 0.5) is 5.69 Å². The molecule has 0 unspecified atom stereocenters. The number of carbonyl (C=O) groups excluding carboxylic acids is 1. The van der Waals surface area contributed by atoms with E-state index in [1.54, 1.807) is 0 Å². The van der Waals surface area contributed by atoms with E-state index < -0.39 is 0 Å². The number of rotatable bonds is 4. The Morgan fingerprint density at radius 2 is 1.68 bits per heavy atom. The molecule has 0 heterocycles. The van der Waals surface area contributed by atoms with E-state index in [0.29, 0.717) is 6.10 Å². The largest absolute Gasteiger partial charge is 0.490 e. The number of anilines is 1. The lowest BCUT2D eigenvalue weighted by molar-refractivity contribution is -0.122. The smallest absolute Gasteiger partial charge is 0.227 e. The predicted molar refractivity (Wildman–Crippen MR) is 75.3 cm³/mol. The van der Waals surface area contributed by atoms with Gasteiger partial charge in [-0.25, -0.2) is 0 Å². The summed E-state index contributed by atoms with van der Waals surface area (Å²) in [5.41, 5.74) is 0.871. The average molecular weight is 259 g/mol. The van der Waals surface area contributed by atoms with Gasteiger partial charge in [-0.2, -0.15) is 0 Å². The van der Waals surface area contributed by atoms with Gasteiger partial charge in [0.25, 0.3) is 0 Å². The normalized spacial score (nSPS) is 20.0. The summed E-state index contributed by atoms with van der Waals surface area (Å²) in [6, 6.07) is 7.77. The van der Waals surface area contributed by atoms with Crippen LogP contribution >= 0.6 is 0 Å². The van der Waals surface area contributed by atoms with Crippen LogP contribution in [0.2, 0.25) is 0 Å². The fourth-order valence-electron chi connectivity index (χ4n) is 2.73. The Bertz CT molecular complexity index is 431. The van der Waals surface area contributed by atoms with Crippen molar-refractivity contribution in [1.29, 1.82) is 0 Å². The van der Waals surface area contributed by atoms with Crippen LogP contribution < -0.4 is 10.1 Å². The molecular weight excluding hydrogens is 238 g/mol. The van der Waals surface area contributed by atoms with Crippen molar-refractivity contribution in [2.75, 3.05) is 5.32 Å². The van der Waals surface area contributed by atoms with Gasteiger partial charge < -0.3 is 10.1 Å². The molecule has 0 radical (unpaired) electrons. The topological polar surface area (TPSA) is 38.3 Å². The zero-order valence-electron chi connectivity index (χ0n) is 11.2. The Kier molecular flexibility index (Phi) is 3.72. The third-order valence-corrected chi connectivity index (χ3v) is 4.20. The molecular formula is C16H21NO2. The summed E-state index contributed by atoms with van der Waals surface area (Å²) in [5.74, 6) is 1.30. The molecule has 0 spiro atoms. The fourth-order valence-corrected chi connectivity index (χ4v) is 2.73. The summed E-state index contributed by atoms with van der Waals surface area (Å²) in [4.78, 5) is 11.8. The Morgan fingerprint density at radius 3 is 2.26 bits per heavy atom. The SMILES string of the molecule is O=C(Nc1ccc(OC2CCCC2)cc1)C1CCC1. The molecule has 0 saturated heterocycles. The molecule has 2 aliphatic carbocycles. The zero-order valence-corrected chi connectivity index (χ0v) is 11.2. The first kappa shape index (κ1) is 12.5. The molecule has 1 N–H and O–H groups in total. The minimum atomic E-state index is 0.163. The van der Waals surface area contributed by atoms with Gasteiger partial charge in [0, 0.05) is 11.6 Å². The number of ether oxygens (including phenoxy) is 1. The monoisotopic (exact) mass is 259 g/mol. The molecule has 3 rings (SSSR count). The first-order valence-corrected chi connectivity index (χ1v) is 7.39. The van der Waals surface area contributed by atoms with Gasteiger partial charge in [0.05, 0.1) is 6.10 Å². The Labute approximate surface area is 114 Å². The molecule has 3 heteroatoms. The molecule has 2 aliphatic rings. The van der Waals surface area contributed by atoms with Gasteiger partial charge in [-0.15, -0.1) is 0 Å². The number of amides is 1. The number of hydrogen-bond acceptors (Lipinski definition) is 2. The summed E-state index contributed by atoms with van der Waals surface area (Å²) >= 11 is 0. The van der Waals surface area contributed by atoms with E-state index in [2.05, 4.69) is 5.32 Å². The Hall–Kier alpha value is -1.51. The lowest BCUT2D eigenvalue weighted by Gasteiger charge is -2.24.